The zero-order valence-electron chi connectivity index (χ0n) is 8.84. The Bertz CT molecular complexity index is 206. The highest BCUT2D eigenvalue weighted by Crippen LogP contribution is 2.53. The van der Waals surface area contributed by atoms with E-state index >= 15 is 0 Å². The van der Waals surface area contributed by atoms with Crippen LogP contribution in [0, 0.1) is 5.41 Å². The average molecular weight is 180 g/mol. The molecule has 2 rings (SSSR count). The van der Waals surface area contributed by atoms with Crippen molar-refractivity contribution in [3.05, 3.63) is 0 Å². The predicted octanol–water partition coefficient (Wildman–Crippen LogP) is 2.30. The zero-order valence-corrected chi connectivity index (χ0v) is 8.84. The molecule has 1 saturated heterocycles. The van der Waals surface area contributed by atoms with Gasteiger partial charge >= 0.3 is 0 Å². The maximum absolute atomic E-state index is 4.46. The maximum atomic E-state index is 4.46. The van der Waals surface area contributed by atoms with Gasteiger partial charge in [0.2, 0.25) is 0 Å². The third-order valence-corrected chi connectivity index (χ3v) is 3.63. The van der Waals surface area contributed by atoms with Crippen LogP contribution in [0.4, 0.5) is 0 Å². The highest BCUT2D eigenvalue weighted by Gasteiger charge is 2.44. The van der Waals surface area contributed by atoms with Crippen molar-refractivity contribution < 1.29 is 0 Å². The minimum absolute atomic E-state index is 0.795. The second-order valence-electron chi connectivity index (χ2n) is 4.51. The molecule has 13 heavy (non-hydrogen) atoms. The van der Waals surface area contributed by atoms with Crippen molar-refractivity contribution in [3.8, 4) is 0 Å². The number of hydrogen-bond donors (Lipinski definition) is 0. The molecule has 0 unspecified atom stereocenters. The van der Waals surface area contributed by atoms with Crippen LogP contribution >= 0.6 is 0 Å². The smallest absolute Gasteiger partial charge is 0.0957 e. The van der Waals surface area contributed by atoms with E-state index in [1.54, 1.807) is 0 Å². The monoisotopic (exact) mass is 180 g/mol. The fourth-order valence-corrected chi connectivity index (χ4v) is 2.31. The van der Waals surface area contributed by atoms with Crippen LogP contribution in [0.5, 0.6) is 0 Å². The van der Waals surface area contributed by atoms with Crippen molar-refractivity contribution in [2.24, 2.45) is 10.4 Å². The van der Waals surface area contributed by atoms with Gasteiger partial charge in [-0.15, -0.1) is 0 Å². The van der Waals surface area contributed by atoms with Crippen LogP contribution in [0.25, 0.3) is 0 Å². The molecule has 0 aromatic carbocycles. The van der Waals surface area contributed by atoms with Gasteiger partial charge < -0.3 is 4.90 Å². The molecule has 2 nitrogen and oxygen atoms in total. The molecule has 2 heteroatoms. The van der Waals surface area contributed by atoms with Crippen LogP contribution < -0.4 is 0 Å². The lowest BCUT2D eigenvalue weighted by atomic mass is 9.94. The Morgan fingerprint density at radius 2 is 1.85 bits per heavy atom. The van der Waals surface area contributed by atoms with E-state index in [4.69, 9.17) is 0 Å². The number of nitrogens with zero attached hydrogens (tertiary/aromatic N) is 2. The minimum Gasteiger partial charge on any atom is -0.361 e. The minimum atomic E-state index is 0.795. The first kappa shape index (κ1) is 9.04. The number of piperidine rings is 1. The number of rotatable bonds is 1. The van der Waals surface area contributed by atoms with Crippen LogP contribution in [0.1, 0.15) is 39.5 Å². The molecule has 0 bridgehead atoms. The molecule has 0 N–H and O–H groups in total. The zero-order chi connectivity index (χ0) is 9.31. The summed E-state index contributed by atoms with van der Waals surface area (Å²) in [5.74, 6) is 1.25. The summed E-state index contributed by atoms with van der Waals surface area (Å²) in [5.41, 5.74) is 0.795. The molecule has 1 saturated carbocycles. The standard InChI is InChI=1S/C11H20N2/c1-3-12-10(2)13-8-6-11(4-5-11)7-9-13/h3-9H2,1-2H3/b12-10+. The van der Waals surface area contributed by atoms with Crippen LogP contribution in [-0.4, -0.2) is 30.4 Å². The van der Waals surface area contributed by atoms with E-state index in [-0.39, 0.29) is 0 Å². The van der Waals surface area contributed by atoms with E-state index in [0.29, 0.717) is 0 Å². The van der Waals surface area contributed by atoms with Crippen molar-refractivity contribution in [2.75, 3.05) is 19.6 Å². The van der Waals surface area contributed by atoms with Gasteiger partial charge in [0.05, 0.1) is 5.84 Å². The van der Waals surface area contributed by atoms with Gasteiger partial charge in [-0.2, -0.15) is 0 Å². The van der Waals surface area contributed by atoms with E-state index in [9.17, 15) is 0 Å². The molecule has 0 radical (unpaired) electrons. The van der Waals surface area contributed by atoms with Gasteiger partial charge in [-0.25, -0.2) is 0 Å². The molecular formula is C11H20N2. The Hall–Kier alpha value is -0.530. The summed E-state index contributed by atoms with van der Waals surface area (Å²) >= 11 is 0. The predicted molar refractivity (Wildman–Crippen MR) is 56.1 cm³/mol. The van der Waals surface area contributed by atoms with Crippen molar-refractivity contribution in [1.29, 1.82) is 0 Å². The third-order valence-electron chi connectivity index (χ3n) is 3.63. The van der Waals surface area contributed by atoms with Crippen molar-refractivity contribution in [2.45, 2.75) is 39.5 Å². The fraction of sp³-hybridized carbons (Fsp3) is 0.909. The number of amidine groups is 1. The first-order valence-corrected chi connectivity index (χ1v) is 5.52. The van der Waals surface area contributed by atoms with Gasteiger partial charge in [0.15, 0.2) is 0 Å². The van der Waals surface area contributed by atoms with Crippen molar-refractivity contribution in [1.82, 2.24) is 4.90 Å². The van der Waals surface area contributed by atoms with Crippen molar-refractivity contribution in [3.63, 3.8) is 0 Å². The van der Waals surface area contributed by atoms with Crippen LogP contribution in [0.2, 0.25) is 0 Å². The summed E-state index contributed by atoms with van der Waals surface area (Å²) in [7, 11) is 0. The first-order valence-electron chi connectivity index (χ1n) is 5.52. The topological polar surface area (TPSA) is 15.6 Å². The molecule has 1 aliphatic heterocycles. The largest absolute Gasteiger partial charge is 0.361 e. The highest BCUT2D eigenvalue weighted by atomic mass is 15.2. The number of hydrogen-bond acceptors (Lipinski definition) is 1. The summed E-state index contributed by atoms with van der Waals surface area (Å²) in [6.07, 6.45) is 5.79. The molecule has 0 aromatic heterocycles. The summed E-state index contributed by atoms with van der Waals surface area (Å²) in [6, 6.07) is 0. The second kappa shape index (κ2) is 3.32. The molecule has 1 spiro atoms. The molecule has 1 aliphatic carbocycles. The molecule has 0 atom stereocenters. The van der Waals surface area contributed by atoms with E-state index in [0.717, 1.165) is 12.0 Å². The van der Waals surface area contributed by atoms with E-state index in [1.807, 2.05) is 0 Å². The van der Waals surface area contributed by atoms with Gasteiger partial charge in [-0.05, 0) is 44.9 Å². The van der Waals surface area contributed by atoms with E-state index in [2.05, 4.69) is 23.7 Å². The quantitative estimate of drug-likeness (QED) is 0.446. The molecular weight excluding hydrogens is 160 g/mol. The summed E-state index contributed by atoms with van der Waals surface area (Å²) in [6.45, 7) is 7.67. The molecule has 0 aromatic rings. The van der Waals surface area contributed by atoms with Gasteiger partial charge in [-0.3, -0.25) is 4.99 Å². The number of aliphatic imine (C=N–C) groups is 1. The molecule has 2 fully saturated rings. The lowest BCUT2D eigenvalue weighted by molar-refractivity contribution is 0.248. The highest BCUT2D eigenvalue weighted by molar-refractivity contribution is 5.79. The van der Waals surface area contributed by atoms with Gasteiger partial charge in [-0.1, -0.05) is 0 Å². The summed E-state index contributed by atoms with van der Waals surface area (Å²) < 4.78 is 0. The second-order valence-corrected chi connectivity index (χ2v) is 4.51. The van der Waals surface area contributed by atoms with Crippen molar-refractivity contribution >= 4 is 5.84 Å². The van der Waals surface area contributed by atoms with Gasteiger partial charge in [0.25, 0.3) is 0 Å². The van der Waals surface area contributed by atoms with Crippen LogP contribution in [0.3, 0.4) is 0 Å². The Labute approximate surface area is 81.0 Å². The Morgan fingerprint density at radius 3 is 2.31 bits per heavy atom. The van der Waals surface area contributed by atoms with Gasteiger partial charge in [0.1, 0.15) is 0 Å². The Morgan fingerprint density at radius 1 is 1.23 bits per heavy atom. The molecule has 1 heterocycles. The Balaban J connectivity index is 1.86. The maximum Gasteiger partial charge on any atom is 0.0957 e. The molecule has 2 aliphatic rings. The molecule has 74 valence electrons. The lowest BCUT2D eigenvalue weighted by Crippen LogP contribution is -2.37. The summed E-state index contributed by atoms with van der Waals surface area (Å²) in [5, 5.41) is 0. The first-order chi connectivity index (χ1) is 6.26. The van der Waals surface area contributed by atoms with Crippen LogP contribution in [-0.2, 0) is 0 Å². The number of likely N-dealkylation sites (tertiary alicyclic amines) is 1. The fourth-order valence-electron chi connectivity index (χ4n) is 2.31. The summed E-state index contributed by atoms with van der Waals surface area (Å²) in [4.78, 5) is 6.91. The average Bonchev–Trinajstić information content (AvgIpc) is 2.87. The van der Waals surface area contributed by atoms with Gasteiger partial charge in [0, 0.05) is 19.6 Å². The van der Waals surface area contributed by atoms with Crippen LogP contribution in [0.15, 0.2) is 4.99 Å². The third kappa shape index (κ3) is 1.87. The lowest BCUT2D eigenvalue weighted by Gasteiger charge is -2.33. The Kier molecular flexibility index (Phi) is 2.31. The van der Waals surface area contributed by atoms with E-state index in [1.165, 1.54) is 44.6 Å². The molecule has 0 amide bonds. The van der Waals surface area contributed by atoms with E-state index < -0.39 is 0 Å². The normalized spacial score (nSPS) is 26.6. The SMILES string of the molecule is CC/N=C(\C)N1CCC2(CC1)CC2.